The lowest BCUT2D eigenvalue weighted by Crippen LogP contribution is -0.856. The van der Waals surface area contributed by atoms with Gasteiger partial charge >= 0.3 is 0 Å². The van der Waals surface area contributed by atoms with E-state index in [1.165, 1.54) is 0 Å². The third-order valence-corrected chi connectivity index (χ3v) is 0. The Labute approximate surface area is 195 Å². The summed E-state index contributed by atoms with van der Waals surface area (Å²) in [5, 5.41) is 0. The van der Waals surface area contributed by atoms with Gasteiger partial charge in [-0.2, -0.15) is 0 Å². The summed E-state index contributed by atoms with van der Waals surface area (Å²) in [6.45, 7) is 4.00. The normalized spacial score (nSPS) is 2.47. The number of rotatable bonds is 0. The summed E-state index contributed by atoms with van der Waals surface area (Å²) in [5.74, 6) is 0. The first kappa shape index (κ1) is 68.7. The predicted octanol–water partition coefficient (Wildman–Crippen LogP) is 7.78. The molecule has 0 aliphatic rings. The first-order chi connectivity index (χ1) is 7.00. The van der Waals surface area contributed by atoms with Gasteiger partial charge in [0.25, 0.3) is 0 Å². The van der Waals surface area contributed by atoms with Gasteiger partial charge in [0.2, 0.25) is 0 Å². The Morgan fingerprint density at radius 2 is 0.353 bits per heavy atom. The van der Waals surface area contributed by atoms with Crippen LogP contribution in [0.2, 0.25) is 0 Å². The van der Waals surface area contributed by atoms with Crippen molar-refractivity contribution in [2.24, 2.45) is 0 Å². The molecule has 0 heterocycles. The number of hydrogen-bond donors (Lipinski definition) is 0. The van der Waals surface area contributed by atoms with Gasteiger partial charge in [-0.05, 0) is 29.6 Å². The molecule has 0 aromatic carbocycles. The zero-order chi connectivity index (χ0) is 14.0. The molecule has 2 N–H and O–H groups in total. The van der Waals surface area contributed by atoms with Gasteiger partial charge in [0, 0.05) is 0 Å². The Morgan fingerprint density at radius 1 is 0.353 bits per heavy atom. The molecule has 0 aromatic rings. The van der Waals surface area contributed by atoms with Crippen molar-refractivity contribution in [3.63, 3.8) is 0 Å². The molecule has 0 bridgehead atoms. The minimum Gasteiger partial charge on any atom is -0.412 e. The molecule has 0 saturated carbocycles. The fourth-order valence-electron chi connectivity index (χ4n) is 0. The minimum atomic E-state index is 0. The van der Waals surface area contributed by atoms with Crippen molar-refractivity contribution in [3.8, 4) is 0 Å². The van der Waals surface area contributed by atoms with Crippen molar-refractivity contribution >= 4 is 136 Å². The van der Waals surface area contributed by atoms with Gasteiger partial charge in [0.05, 0.1) is 0 Å². The maximum Gasteiger partial charge on any atom is -0.0121 e. The Morgan fingerprint density at radius 3 is 0.353 bits per heavy atom. The van der Waals surface area contributed by atoms with E-state index in [2.05, 4.69) is 136 Å². The van der Waals surface area contributed by atoms with Crippen LogP contribution >= 0.6 is 136 Å². The van der Waals surface area contributed by atoms with Crippen LogP contribution in [0.5, 0.6) is 0 Å². The molecular weight excluding hydrogens is 898 g/mol. The molecule has 7 heteroatoms. The van der Waals surface area contributed by atoms with Crippen molar-refractivity contribution in [1.82, 2.24) is 0 Å². The van der Waals surface area contributed by atoms with Crippen LogP contribution < -0.4 is 0 Å². The third-order valence-electron chi connectivity index (χ3n) is 0. The molecule has 0 radical (unpaired) electrons. The highest BCUT2D eigenvalue weighted by Crippen LogP contribution is 1.49. The summed E-state index contributed by atoms with van der Waals surface area (Å²) < 4.78 is 0. The molecule has 0 saturated heterocycles. The van der Waals surface area contributed by atoms with Crippen molar-refractivity contribution < 1.29 is 5.48 Å². The van der Waals surface area contributed by atoms with E-state index in [0.29, 0.717) is 0 Å². The van der Waals surface area contributed by atoms with Crippen LogP contribution in [-0.2, 0) is 0 Å². The molecular formula is C10H34I6O. The number of hydrogen-bond acceptors (Lipinski definition) is 0. The highest BCUT2D eigenvalue weighted by atomic mass is 127. The first-order valence-corrected chi connectivity index (χ1v) is 16.2. The standard InChI is InChI=1S/C2H6.6CH3I.2CH4.H2O/c7*1-2;;;/h1-2H3;6*1H3;2*1H4;1H2. The van der Waals surface area contributed by atoms with Crippen LogP contribution in [0, 0.1) is 0 Å². The lowest BCUT2D eigenvalue weighted by Gasteiger charge is -1.07. The van der Waals surface area contributed by atoms with E-state index in [0.717, 1.165) is 0 Å². The maximum atomic E-state index is 2.15. The molecule has 0 fully saturated rings. The van der Waals surface area contributed by atoms with E-state index >= 15 is 0 Å². The molecule has 0 aliphatic carbocycles. The fourth-order valence-corrected chi connectivity index (χ4v) is 0. The third kappa shape index (κ3) is 363. The lowest BCUT2D eigenvalue weighted by molar-refractivity contribution is 0.824. The second-order valence-corrected chi connectivity index (χ2v) is 0. The Bertz CT molecular complexity index is 20.8. The molecule has 0 aliphatic heterocycles. The van der Waals surface area contributed by atoms with Gasteiger partial charge in [-0.1, -0.05) is 164 Å². The Hall–Kier alpha value is 4.34. The Kier molecular flexibility index (Phi) is 1630. The average Bonchev–Trinajstić information content (AvgIpc) is 2.45. The molecule has 0 amide bonds. The van der Waals surface area contributed by atoms with Crippen molar-refractivity contribution in [3.05, 3.63) is 0 Å². The summed E-state index contributed by atoms with van der Waals surface area (Å²) in [6, 6.07) is 0. The van der Waals surface area contributed by atoms with Crippen LogP contribution in [0.15, 0.2) is 0 Å². The van der Waals surface area contributed by atoms with E-state index in [1.54, 1.807) is 0 Å². The van der Waals surface area contributed by atoms with E-state index in [-0.39, 0.29) is 20.3 Å². The second-order valence-electron chi connectivity index (χ2n) is 0. The van der Waals surface area contributed by atoms with Gasteiger partial charge in [-0.25, -0.2) is 0 Å². The second kappa shape index (κ2) is 404. The molecule has 0 spiro atoms. The lowest BCUT2D eigenvalue weighted by atomic mass is 11.0. The summed E-state index contributed by atoms with van der Waals surface area (Å²) >= 11 is 12.9. The van der Waals surface area contributed by atoms with E-state index in [1.807, 2.05) is 43.4 Å². The van der Waals surface area contributed by atoms with Gasteiger partial charge in [-0.3, -0.25) is 0 Å². The molecule has 1 nitrogen and oxygen atoms in total. The van der Waals surface area contributed by atoms with Crippen LogP contribution in [0.4, 0.5) is 0 Å². The van der Waals surface area contributed by atoms with E-state index < -0.39 is 0 Å². The van der Waals surface area contributed by atoms with Crippen LogP contribution in [0.1, 0.15) is 28.7 Å². The van der Waals surface area contributed by atoms with E-state index in [9.17, 15) is 0 Å². The smallest absolute Gasteiger partial charge is 0.0121 e. The molecule has 122 valence electrons. The highest BCUT2D eigenvalue weighted by molar-refractivity contribution is 14.1. The van der Waals surface area contributed by atoms with Crippen LogP contribution in [0.3, 0.4) is 0 Å². The molecule has 0 unspecified atom stereocenters. The molecule has 17 heavy (non-hydrogen) atoms. The topological polar surface area (TPSA) is 31.5 Å². The summed E-state index contributed by atoms with van der Waals surface area (Å²) in [4.78, 5) is 11.8. The first-order valence-electron chi connectivity index (χ1n) is 3.27. The van der Waals surface area contributed by atoms with Gasteiger partial charge in [-0.15, -0.1) is 0 Å². The fraction of sp³-hybridized carbons (Fsp3) is 1.00. The van der Waals surface area contributed by atoms with Crippen molar-refractivity contribution in [2.45, 2.75) is 28.7 Å². The van der Waals surface area contributed by atoms with Gasteiger partial charge in [0.1, 0.15) is 0 Å². The maximum absolute atomic E-state index is 2.15. The molecule has 0 rings (SSSR count). The molecule has 0 atom stereocenters. The van der Waals surface area contributed by atoms with E-state index in [4.69, 9.17) is 0 Å². The summed E-state index contributed by atoms with van der Waals surface area (Å²) in [5.41, 5.74) is 0. The number of halogens is 6. The van der Waals surface area contributed by atoms with Gasteiger partial charge < -0.3 is 5.48 Å². The highest BCUT2D eigenvalue weighted by Gasteiger charge is 0.961. The van der Waals surface area contributed by atoms with Crippen LogP contribution in [0.25, 0.3) is 0 Å². The summed E-state index contributed by atoms with van der Waals surface area (Å²) in [7, 11) is 0. The monoisotopic (exact) mass is 932 g/mol. The van der Waals surface area contributed by atoms with Crippen LogP contribution in [-0.4, -0.2) is 35.1 Å². The average molecular weight is 932 g/mol. The zero-order valence-corrected chi connectivity index (χ0v) is 23.7. The Balaban J connectivity index is -0.00000000408. The minimum absolute atomic E-state index is 0. The predicted molar refractivity (Wildman–Crippen MR) is 148 cm³/mol. The number of alkyl halides is 6. The van der Waals surface area contributed by atoms with Gasteiger partial charge in [0.15, 0.2) is 0 Å². The molecule has 0 aromatic heterocycles. The van der Waals surface area contributed by atoms with Crippen molar-refractivity contribution in [1.29, 1.82) is 0 Å². The SMILES string of the molecule is C.C.CC.CI.CI.CI.CI.CI.CI.O. The summed E-state index contributed by atoms with van der Waals surface area (Å²) in [6.07, 6.45) is 0. The van der Waals surface area contributed by atoms with Crippen molar-refractivity contribution in [2.75, 3.05) is 29.6 Å². The largest absolute Gasteiger partial charge is 0.412 e. The quantitative estimate of drug-likeness (QED) is 0.176. The zero-order valence-electron chi connectivity index (χ0n) is 10.8.